The number of fused-ring (bicyclic) bond motifs is 4. The van der Waals surface area contributed by atoms with E-state index in [1.54, 1.807) is 24.5 Å². The number of anilines is 3. The molecule has 6 heterocycles. The summed E-state index contributed by atoms with van der Waals surface area (Å²) in [6, 6.07) is 11.2. The van der Waals surface area contributed by atoms with Crippen molar-refractivity contribution >= 4 is 23.4 Å². The van der Waals surface area contributed by atoms with Gasteiger partial charge in [0.05, 0.1) is 23.5 Å². The second-order valence-electron chi connectivity index (χ2n) is 11.0. The first-order chi connectivity index (χ1) is 19.2. The number of aryl methyl sites for hydroxylation is 1. The Morgan fingerprint density at radius 2 is 2.08 bits per heavy atom. The Morgan fingerprint density at radius 3 is 2.85 bits per heavy atom. The quantitative estimate of drug-likeness (QED) is 0.419. The molecule has 0 aromatic carbocycles. The van der Waals surface area contributed by atoms with E-state index in [1.165, 1.54) is 0 Å². The maximum absolute atomic E-state index is 14.0. The van der Waals surface area contributed by atoms with Crippen LogP contribution < -0.4 is 19.9 Å². The average Bonchev–Trinajstić information content (AvgIpc) is 3.47. The maximum atomic E-state index is 14.0. The summed E-state index contributed by atoms with van der Waals surface area (Å²) in [5.74, 6) is 0.989. The molecule has 1 N–H and O–H groups in total. The van der Waals surface area contributed by atoms with Crippen molar-refractivity contribution in [3.05, 3.63) is 67.1 Å². The Hall–Kier alpha value is -4.02. The van der Waals surface area contributed by atoms with E-state index in [2.05, 4.69) is 32.8 Å². The van der Waals surface area contributed by atoms with Gasteiger partial charge in [0.2, 0.25) is 0 Å². The highest BCUT2D eigenvalue weighted by molar-refractivity contribution is 6.05. The molecular weight excluding hydrogens is 508 g/mol. The molecule has 2 bridgehead atoms. The molecule has 208 valence electrons. The van der Waals surface area contributed by atoms with Gasteiger partial charge in [-0.2, -0.15) is 0 Å². The zero-order chi connectivity index (χ0) is 27.9. The van der Waals surface area contributed by atoms with Crippen molar-refractivity contribution in [2.24, 2.45) is 0 Å². The molecule has 2 amide bonds. The number of rotatable bonds is 7. The highest BCUT2D eigenvalue weighted by atomic mass is 16.7. The summed E-state index contributed by atoms with van der Waals surface area (Å²) >= 11 is 0. The van der Waals surface area contributed by atoms with E-state index in [0.717, 1.165) is 35.6 Å². The minimum atomic E-state index is -0.614. The molecule has 2 atom stereocenters. The summed E-state index contributed by atoms with van der Waals surface area (Å²) in [6.07, 6.45) is 6.56. The van der Waals surface area contributed by atoms with Crippen molar-refractivity contribution < 1.29 is 19.0 Å². The Bertz CT molecular complexity index is 1450. The van der Waals surface area contributed by atoms with Gasteiger partial charge in [0.25, 0.3) is 0 Å². The Kier molecular flexibility index (Phi) is 6.67. The Balaban J connectivity index is 1.27. The average molecular weight is 543 g/mol. The van der Waals surface area contributed by atoms with E-state index >= 15 is 0 Å². The zero-order valence-electron chi connectivity index (χ0n) is 23.1. The molecule has 2 fully saturated rings. The van der Waals surface area contributed by atoms with Crippen LogP contribution in [0.3, 0.4) is 0 Å². The summed E-state index contributed by atoms with van der Waals surface area (Å²) in [5.41, 5.74) is 3.12. The van der Waals surface area contributed by atoms with Gasteiger partial charge in [0.15, 0.2) is 11.6 Å². The van der Waals surface area contributed by atoms with Gasteiger partial charge < -0.3 is 19.1 Å². The van der Waals surface area contributed by atoms with Gasteiger partial charge in [0.1, 0.15) is 24.3 Å². The first-order valence-electron chi connectivity index (χ1n) is 13.6. The largest absolute Gasteiger partial charge is 0.491 e. The molecule has 1 unspecified atom stereocenters. The van der Waals surface area contributed by atoms with Crippen molar-refractivity contribution in [1.82, 2.24) is 15.0 Å². The lowest BCUT2D eigenvalue weighted by Crippen LogP contribution is -2.58. The molecule has 0 radical (unpaired) electrons. The predicted octanol–water partition coefficient (Wildman–Crippen LogP) is 4.95. The van der Waals surface area contributed by atoms with Crippen molar-refractivity contribution in [1.29, 1.82) is 0 Å². The molecule has 10 nitrogen and oxygen atoms in total. The number of ether oxygens (including phenoxy) is 3. The molecule has 3 aromatic rings. The molecule has 3 aliphatic heterocycles. The minimum Gasteiger partial charge on any atom is -0.491 e. The van der Waals surface area contributed by atoms with Crippen LogP contribution in [0.5, 0.6) is 5.75 Å². The number of nitrogens with zero attached hydrogens (tertiary/aromatic N) is 5. The van der Waals surface area contributed by atoms with Crippen LogP contribution in [-0.2, 0) is 9.47 Å². The fourth-order valence-electron chi connectivity index (χ4n) is 5.79. The number of carbonyl (C=O) groups is 1. The molecule has 2 saturated heterocycles. The number of carbonyl (C=O) groups excluding carboxylic acids is 1. The highest BCUT2D eigenvalue weighted by Gasteiger charge is 2.51. The number of nitrogens with one attached hydrogen (secondary N) is 1. The number of pyridine rings is 3. The van der Waals surface area contributed by atoms with Crippen LogP contribution in [0.4, 0.5) is 22.1 Å². The molecule has 3 aliphatic rings. The van der Waals surface area contributed by atoms with E-state index < -0.39 is 11.3 Å². The Morgan fingerprint density at radius 1 is 1.23 bits per heavy atom. The van der Waals surface area contributed by atoms with Crippen LogP contribution in [0.1, 0.15) is 32.4 Å². The summed E-state index contributed by atoms with van der Waals surface area (Å²) < 4.78 is 17.4. The first-order valence-corrected chi connectivity index (χ1v) is 13.6. The fourth-order valence-corrected chi connectivity index (χ4v) is 5.79. The van der Waals surface area contributed by atoms with E-state index in [9.17, 15) is 4.79 Å². The van der Waals surface area contributed by atoms with Gasteiger partial charge >= 0.3 is 6.03 Å². The fraction of sp³-hybridized carbons (Fsp3) is 0.400. The molecule has 3 aromatic heterocycles. The highest BCUT2D eigenvalue weighted by Crippen LogP contribution is 2.47. The molecule has 40 heavy (non-hydrogen) atoms. The smallest absolute Gasteiger partial charge is 0.329 e. The third kappa shape index (κ3) is 5.00. The minimum absolute atomic E-state index is 0.167. The maximum Gasteiger partial charge on any atom is 0.329 e. The predicted molar refractivity (Wildman–Crippen MR) is 153 cm³/mol. The summed E-state index contributed by atoms with van der Waals surface area (Å²) in [5, 5.41) is 3.01. The summed E-state index contributed by atoms with van der Waals surface area (Å²) in [6.45, 7) is 12.1. The molecule has 10 heteroatoms. The topological polar surface area (TPSA) is 102 Å². The van der Waals surface area contributed by atoms with E-state index in [0.29, 0.717) is 43.6 Å². The lowest BCUT2D eigenvalue weighted by atomic mass is 9.90. The number of amides is 2. The van der Waals surface area contributed by atoms with Crippen molar-refractivity contribution in [3.63, 3.8) is 0 Å². The van der Waals surface area contributed by atoms with Gasteiger partial charge in [-0.05, 0) is 63.9 Å². The second-order valence-corrected chi connectivity index (χ2v) is 11.0. The molecule has 0 saturated carbocycles. The van der Waals surface area contributed by atoms with Crippen LogP contribution in [0.15, 0.2) is 61.4 Å². The number of hydrogen-bond donors (Lipinski definition) is 1. The SMILES string of the molecule is C=CCC12CCN(C1)c1ccc(-c3ccnc(C)c3)nc1N2C(=O)Nc1cc(OC[C@@H]2COC(C)(C)O2)ccn1. The van der Waals surface area contributed by atoms with Gasteiger partial charge in [0, 0.05) is 42.8 Å². The molecular formula is C30H34N6O4. The van der Waals surface area contributed by atoms with E-state index in [1.807, 2.05) is 49.9 Å². The van der Waals surface area contributed by atoms with Gasteiger partial charge in [-0.1, -0.05) is 6.08 Å². The van der Waals surface area contributed by atoms with Crippen LogP contribution in [0, 0.1) is 6.92 Å². The Labute approximate surface area is 234 Å². The standard InChI is InChI=1S/C30H34N6O4/c1-5-10-30-11-14-35(19-30)25-7-6-24(21-8-12-31-20(2)15-21)33-27(25)36(30)28(37)34-26-16-22(9-13-32-26)38-17-23-18-39-29(3,4)40-23/h5-9,12-13,15-16,23H,1,10-11,14,17-19H2,2-4H3,(H,32,34,37)/t23-,30?/m1/s1. The third-order valence-corrected chi connectivity index (χ3v) is 7.60. The lowest BCUT2D eigenvalue weighted by Gasteiger charge is -2.44. The molecule has 0 aliphatic carbocycles. The van der Waals surface area contributed by atoms with Crippen molar-refractivity contribution in [3.8, 4) is 17.0 Å². The van der Waals surface area contributed by atoms with Crippen LogP contribution in [0.25, 0.3) is 11.3 Å². The lowest BCUT2D eigenvalue weighted by molar-refractivity contribution is -0.141. The van der Waals surface area contributed by atoms with Crippen LogP contribution in [-0.4, -0.2) is 64.7 Å². The van der Waals surface area contributed by atoms with Gasteiger partial charge in [-0.3, -0.25) is 15.2 Å². The first kappa shape index (κ1) is 26.2. The van der Waals surface area contributed by atoms with Gasteiger partial charge in [-0.25, -0.2) is 14.8 Å². The monoisotopic (exact) mass is 542 g/mol. The number of urea groups is 1. The van der Waals surface area contributed by atoms with Crippen LogP contribution in [0.2, 0.25) is 0 Å². The second kappa shape index (κ2) is 10.2. The number of aromatic nitrogens is 3. The van der Waals surface area contributed by atoms with Crippen molar-refractivity contribution in [2.45, 2.75) is 51.0 Å². The molecule has 6 rings (SSSR count). The summed E-state index contributed by atoms with van der Waals surface area (Å²) in [4.78, 5) is 31.9. The van der Waals surface area contributed by atoms with Crippen LogP contribution >= 0.6 is 0 Å². The van der Waals surface area contributed by atoms with Crippen molar-refractivity contribution in [2.75, 3.05) is 41.4 Å². The molecule has 0 spiro atoms. The zero-order valence-corrected chi connectivity index (χ0v) is 23.1. The number of hydrogen-bond acceptors (Lipinski definition) is 8. The van der Waals surface area contributed by atoms with Gasteiger partial charge in [-0.15, -0.1) is 6.58 Å². The third-order valence-electron chi connectivity index (χ3n) is 7.60. The van der Waals surface area contributed by atoms with E-state index in [4.69, 9.17) is 19.2 Å². The summed E-state index contributed by atoms with van der Waals surface area (Å²) in [7, 11) is 0. The normalized spacial score (nSPS) is 22.6. The van der Waals surface area contributed by atoms with E-state index in [-0.39, 0.29) is 12.1 Å².